The van der Waals surface area contributed by atoms with Gasteiger partial charge in [-0.2, -0.15) is 0 Å². The van der Waals surface area contributed by atoms with Gasteiger partial charge in [-0.3, -0.25) is 0 Å². The summed E-state index contributed by atoms with van der Waals surface area (Å²) in [6.45, 7) is 0.229. The Bertz CT molecular complexity index is 202. The number of hydrogen-bond donors (Lipinski definition) is 1. The molecule has 0 heterocycles. The van der Waals surface area contributed by atoms with E-state index < -0.39 is 0 Å². The lowest BCUT2D eigenvalue weighted by molar-refractivity contribution is -0.119. The molecule has 2 saturated carbocycles. The molecule has 0 radical (unpaired) electrons. The first-order valence-electron chi connectivity index (χ1n) is 5.38. The van der Waals surface area contributed by atoms with Gasteiger partial charge in [0, 0.05) is 12.0 Å². The molecule has 3 unspecified atom stereocenters. The monoisotopic (exact) mass is 182 g/mol. The Morgan fingerprint density at radius 1 is 1.46 bits per heavy atom. The van der Waals surface area contributed by atoms with Crippen LogP contribution in [0, 0.1) is 17.3 Å². The zero-order valence-electron chi connectivity index (χ0n) is 8.04. The summed E-state index contributed by atoms with van der Waals surface area (Å²) in [7, 11) is 0. The fourth-order valence-electron chi connectivity index (χ4n) is 3.40. The number of aliphatic hydroxyl groups excluding tert-OH is 1. The minimum absolute atomic E-state index is 0.0361. The minimum atomic E-state index is -0.0361. The number of hydrogen-bond acceptors (Lipinski definition) is 2. The molecule has 0 saturated heterocycles. The Morgan fingerprint density at radius 3 is 2.77 bits per heavy atom. The highest BCUT2D eigenvalue weighted by Gasteiger charge is 2.50. The highest BCUT2D eigenvalue weighted by Crippen LogP contribution is 2.56. The van der Waals surface area contributed by atoms with Crippen LogP contribution in [0.2, 0.25) is 0 Å². The third kappa shape index (κ3) is 1.41. The third-order valence-electron chi connectivity index (χ3n) is 4.06. The maximum Gasteiger partial charge on any atom is 0.126 e. The van der Waals surface area contributed by atoms with Crippen LogP contribution >= 0.6 is 0 Å². The average Bonchev–Trinajstić information content (AvgIpc) is 2.74. The van der Waals surface area contributed by atoms with Crippen molar-refractivity contribution in [1.29, 1.82) is 0 Å². The van der Waals surface area contributed by atoms with Gasteiger partial charge in [0.2, 0.25) is 0 Å². The summed E-state index contributed by atoms with van der Waals surface area (Å²) in [5, 5.41) is 8.79. The molecule has 0 amide bonds. The van der Waals surface area contributed by atoms with Crippen LogP contribution in [0.25, 0.3) is 0 Å². The maximum atomic E-state index is 11.1. The van der Waals surface area contributed by atoms with Crippen molar-refractivity contribution < 1.29 is 9.90 Å². The van der Waals surface area contributed by atoms with Gasteiger partial charge < -0.3 is 9.90 Å². The Balaban J connectivity index is 2.03. The third-order valence-corrected chi connectivity index (χ3v) is 4.06. The first kappa shape index (κ1) is 9.20. The van der Waals surface area contributed by atoms with Gasteiger partial charge in [0.25, 0.3) is 0 Å². The molecular formula is C11H18O2. The molecule has 3 atom stereocenters. The molecule has 0 spiro atoms. The van der Waals surface area contributed by atoms with E-state index in [9.17, 15) is 4.79 Å². The predicted octanol–water partition coefficient (Wildman–Crippen LogP) is 1.76. The van der Waals surface area contributed by atoms with E-state index in [0.29, 0.717) is 5.92 Å². The Labute approximate surface area is 79.3 Å². The molecule has 0 aromatic rings. The number of aliphatic hydroxyl groups is 1. The molecule has 2 aliphatic rings. The molecule has 2 nitrogen and oxygen atoms in total. The molecule has 0 aromatic heterocycles. The normalized spacial score (nSPS) is 42.5. The molecule has 1 N–H and O–H groups in total. The minimum Gasteiger partial charge on any atom is -0.396 e. The quantitative estimate of drug-likeness (QED) is 0.673. The Morgan fingerprint density at radius 2 is 2.31 bits per heavy atom. The highest BCUT2D eigenvalue weighted by molar-refractivity contribution is 5.61. The van der Waals surface area contributed by atoms with Gasteiger partial charge in [-0.25, -0.2) is 0 Å². The largest absolute Gasteiger partial charge is 0.396 e. The molecule has 2 aliphatic carbocycles. The second-order valence-corrected chi connectivity index (χ2v) is 4.76. The zero-order valence-corrected chi connectivity index (χ0v) is 8.04. The SMILES string of the molecule is O=CC1(CCCO)CC2CCC1C2. The second kappa shape index (κ2) is 3.41. The topological polar surface area (TPSA) is 37.3 Å². The molecule has 2 fully saturated rings. The lowest BCUT2D eigenvalue weighted by atomic mass is 9.71. The van der Waals surface area contributed by atoms with Crippen molar-refractivity contribution in [3.8, 4) is 0 Å². The summed E-state index contributed by atoms with van der Waals surface area (Å²) in [4.78, 5) is 11.1. The molecule has 13 heavy (non-hydrogen) atoms. The van der Waals surface area contributed by atoms with Crippen LogP contribution in [0.3, 0.4) is 0 Å². The van der Waals surface area contributed by atoms with Gasteiger partial charge in [0.1, 0.15) is 6.29 Å². The first-order chi connectivity index (χ1) is 6.30. The van der Waals surface area contributed by atoms with Gasteiger partial charge in [-0.05, 0) is 43.9 Å². The van der Waals surface area contributed by atoms with Crippen molar-refractivity contribution >= 4 is 6.29 Å². The molecule has 2 bridgehead atoms. The number of carbonyl (C=O) groups excluding carboxylic acids is 1. The van der Waals surface area contributed by atoms with E-state index in [1.54, 1.807) is 0 Å². The zero-order chi connectivity index (χ0) is 9.31. The predicted molar refractivity (Wildman–Crippen MR) is 50.3 cm³/mol. The van der Waals surface area contributed by atoms with E-state index in [1.165, 1.54) is 25.5 Å². The van der Waals surface area contributed by atoms with Gasteiger partial charge >= 0.3 is 0 Å². The summed E-state index contributed by atoms with van der Waals surface area (Å²) in [6, 6.07) is 0. The summed E-state index contributed by atoms with van der Waals surface area (Å²) in [6.07, 6.45) is 7.84. The van der Waals surface area contributed by atoms with Gasteiger partial charge in [0.15, 0.2) is 0 Å². The van der Waals surface area contributed by atoms with E-state index in [0.717, 1.165) is 25.2 Å². The van der Waals surface area contributed by atoms with Crippen molar-refractivity contribution in [1.82, 2.24) is 0 Å². The van der Waals surface area contributed by atoms with Crippen LogP contribution in [-0.4, -0.2) is 18.0 Å². The molecule has 74 valence electrons. The van der Waals surface area contributed by atoms with E-state index in [1.807, 2.05) is 0 Å². The molecule has 0 aromatic carbocycles. The van der Waals surface area contributed by atoms with Crippen LogP contribution in [0.15, 0.2) is 0 Å². The van der Waals surface area contributed by atoms with E-state index in [2.05, 4.69) is 0 Å². The van der Waals surface area contributed by atoms with Crippen LogP contribution in [0.4, 0.5) is 0 Å². The second-order valence-electron chi connectivity index (χ2n) is 4.76. The Hall–Kier alpha value is -0.370. The van der Waals surface area contributed by atoms with Crippen LogP contribution in [0.1, 0.15) is 38.5 Å². The first-order valence-corrected chi connectivity index (χ1v) is 5.38. The summed E-state index contributed by atoms with van der Waals surface area (Å²) in [5.41, 5.74) is -0.0361. The summed E-state index contributed by atoms with van der Waals surface area (Å²) < 4.78 is 0. The number of aldehydes is 1. The van der Waals surface area contributed by atoms with E-state index in [-0.39, 0.29) is 12.0 Å². The molecule has 2 heteroatoms. The van der Waals surface area contributed by atoms with Crippen molar-refractivity contribution in [3.05, 3.63) is 0 Å². The van der Waals surface area contributed by atoms with Crippen molar-refractivity contribution in [2.24, 2.45) is 17.3 Å². The molecular weight excluding hydrogens is 164 g/mol. The molecule has 0 aliphatic heterocycles. The number of rotatable bonds is 4. The van der Waals surface area contributed by atoms with Crippen LogP contribution in [0.5, 0.6) is 0 Å². The highest BCUT2D eigenvalue weighted by atomic mass is 16.2. The summed E-state index contributed by atoms with van der Waals surface area (Å²) >= 11 is 0. The van der Waals surface area contributed by atoms with Crippen LogP contribution in [-0.2, 0) is 4.79 Å². The lowest BCUT2D eigenvalue weighted by Crippen LogP contribution is -2.29. The number of fused-ring (bicyclic) bond motifs is 2. The maximum absolute atomic E-state index is 11.1. The number of carbonyl (C=O) groups is 1. The lowest BCUT2D eigenvalue weighted by Gasteiger charge is -2.32. The fourth-order valence-corrected chi connectivity index (χ4v) is 3.40. The Kier molecular flexibility index (Phi) is 2.41. The van der Waals surface area contributed by atoms with E-state index >= 15 is 0 Å². The molecule has 2 rings (SSSR count). The van der Waals surface area contributed by atoms with Crippen LogP contribution < -0.4 is 0 Å². The van der Waals surface area contributed by atoms with Gasteiger partial charge in [-0.1, -0.05) is 6.42 Å². The van der Waals surface area contributed by atoms with Crippen molar-refractivity contribution in [2.45, 2.75) is 38.5 Å². The van der Waals surface area contributed by atoms with Gasteiger partial charge in [0.05, 0.1) is 0 Å². The standard InChI is InChI=1S/C11H18O2/c12-5-1-4-11(8-13)7-9-2-3-10(11)6-9/h8-10,12H,1-7H2. The van der Waals surface area contributed by atoms with Crippen molar-refractivity contribution in [2.75, 3.05) is 6.61 Å². The fraction of sp³-hybridized carbons (Fsp3) is 0.909. The summed E-state index contributed by atoms with van der Waals surface area (Å²) in [5.74, 6) is 1.45. The van der Waals surface area contributed by atoms with Gasteiger partial charge in [-0.15, -0.1) is 0 Å². The average molecular weight is 182 g/mol. The smallest absolute Gasteiger partial charge is 0.126 e. The van der Waals surface area contributed by atoms with Crippen molar-refractivity contribution in [3.63, 3.8) is 0 Å². The van der Waals surface area contributed by atoms with E-state index in [4.69, 9.17) is 5.11 Å².